The quantitative estimate of drug-likeness (QED) is 0.459. The van der Waals surface area contributed by atoms with Gasteiger partial charge in [-0.15, -0.1) is 0 Å². The van der Waals surface area contributed by atoms with Crippen molar-refractivity contribution < 1.29 is 23.9 Å². The van der Waals surface area contributed by atoms with Crippen LogP contribution in [0.5, 0.6) is 5.75 Å². The first-order chi connectivity index (χ1) is 18.5. The van der Waals surface area contributed by atoms with Crippen molar-refractivity contribution in [1.29, 1.82) is 0 Å². The predicted octanol–water partition coefficient (Wildman–Crippen LogP) is 1.95. The highest BCUT2D eigenvalue weighted by molar-refractivity contribution is 5.84. The van der Waals surface area contributed by atoms with Crippen molar-refractivity contribution in [1.82, 2.24) is 21.3 Å². The molecule has 0 saturated heterocycles. The van der Waals surface area contributed by atoms with E-state index in [0.717, 1.165) is 24.1 Å². The zero-order chi connectivity index (χ0) is 27.1. The lowest BCUT2D eigenvalue weighted by Gasteiger charge is -2.33. The molecule has 0 radical (unpaired) electrons. The third-order valence-corrected chi connectivity index (χ3v) is 6.63. The number of benzene rings is 2. The first-order valence-corrected chi connectivity index (χ1v) is 13.3. The number of hydrogen-bond donors (Lipinski definition) is 4. The Hall–Kier alpha value is -3.43. The summed E-state index contributed by atoms with van der Waals surface area (Å²) in [4.78, 5) is 38.5. The lowest BCUT2D eigenvalue weighted by molar-refractivity contribution is -0.133. The number of hydrogen-bond acceptors (Lipinski definition) is 6. The molecule has 3 amide bonds. The molecule has 9 heteroatoms. The Kier molecular flexibility index (Phi) is 12.1. The molecule has 9 nitrogen and oxygen atoms in total. The van der Waals surface area contributed by atoms with E-state index in [-0.39, 0.29) is 30.9 Å². The van der Waals surface area contributed by atoms with Crippen molar-refractivity contribution in [3.05, 3.63) is 65.7 Å². The van der Waals surface area contributed by atoms with Gasteiger partial charge in [0.15, 0.2) is 6.61 Å². The zero-order valence-electron chi connectivity index (χ0n) is 22.2. The van der Waals surface area contributed by atoms with E-state index in [2.05, 4.69) is 21.3 Å². The average Bonchev–Trinajstić information content (AvgIpc) is 2.94. The number of nitrogens with one attached hydrogen (secondary N) is 4. The van der Waals surface area contributed by atoms with E-state index in [4.69, 9.17) is 9.47 Å². The van der Waals surface area contributed by atoms with Gasteiger partial charge in [0.1, 0.15) is 5.75 Å². The van der Waals surface area contributed by atoms with Crippen molar-refractivity contribution in [2.24, 2.45) is 5.41 Å². The summed E-state index contributed by atoms with van der Waals surface area (Å²) in [6, 6.07) is 17.1. The van der Waals surface area contributed by atoms with Crippen LogP contribution in [-0.4, -0.2) is 64.2 Å². The number of fused-ring (bicyclic) bond motifs is 17. The van der Waals surface area contributed by atoms with Crippen LogP contribution in [0.25, 0.3) is 0 Å². The van der Waals surface area contributed by atoms with E-state index in [9.17, 15) is 14.4 Å². The number of methoxy groups -OCH3 is 1. The van der Waals surface area contributed by atoms with Crippen LogP contribution in [0, 0.1) is 5.41 Å². The van der Waals surface area contributed by atoms with Gasteiger partial charge in [-0.3, -0.25) is 14.4 Å². The zero-order valence-corrected chi connectivity index (χ0v) is 22.2. The second-order valence-corrected chi connectivity index (χ2v) is 9.63. The van der Waals surface area contributed by atoms with E-state index in [1.54, 1.807) is 19.2 Å². The lowest BCUT2D eigenvalue weighted by Crippen LogP contribution is -2.50. The molecule has 0 aliphatic carbocycles. The van der Waals surface area contributed by atoms with E-state index in [1.165, 1.54) is 0 Å². The van der Waals surface area contributed by atoms with E-state index >= 15 is 0 Å². The van der Waals surface area contributed by atoms with Gasteiger partial charge in [-0.2, -0.15) is 0 Å². The fraction of sp³-hybridized carbons (Fsp3) is 0.483. The minimum absolute atomic E-state index is 0.0571. The standard InChI is InChI=1S/C29H40N4O5/c1-37-18-14-29(28(36)32-20-24-7-3-2-4-8-24)19-23-10-12-25(13-11-23)38-21-27(35)31-17-6-16-30-15-5-9-26(34)33-22-29/h2-4,7-8,10-13,30H,5-6,9,14-22H2,1H3,(H,31,35)(H,32,36)(H,33,34). The van der Waals surface area contributed by atoms with Crippen molar-refractivity contribution in [3.63, 3.8) is 0 Å². The Labute approximate surface area is 225 Å². The first-order valence-electron chi connectivity index (χ1n) is 13.3. The van der Waals surface area contributed by atoms with Gasteiger partial charge in [0, 0.05) is 39.8 Å². The van der Waals surface area contributed by atoms with Crippen LogP contribution in [0.1, 0.15) is 36.8 Å². The van der Waals surface area contributed by atoms with Crippen molar-refractivity contribution in [3.8, 4) is 5.75 Å². The van der Waals surface area contributed by atoms with Gasteiger partial charge >= 0.3 is 0 Å². The fourth-order valence-corrected chi connectivity index (χ4v) is 4.37. The smallest absolute Gasteiger partial charge is 0.257 e. The van der Waals surface area contributed by atoms with Gasteiger partial charge in [-0.25, -0.2) is 0 Å². The predicted molar refractivity (Wildman–Crippen MR) is 146 cm³/mol. The number of amides is 3. The molecule has 4 rings (SSSR count). The third-order valence-electron chi connectivity index (χ3n) is 6.63. The fourth-order valence-electron chi connectivity index (χ4n) is 4.37. The molecule has 2 aromatic rings. The molecule has 2 aromatic carbocycles. The van der Waals surface area contributed by atoms with Crippen LogP contribution in [0.3, 0.4) is 0 Å². The molecule has 38 heavy (non-hydrogen) atoms. The summed E-state index contributed by atoms with van der Waals surface area (Å²) in [5.74, 6) is 0.174. The van der Waals surface area contributed by atoms with Crippen molar-refractivity contribution >= 4 is 17.7 Å². The Balaban J connectivity index is 1.81. The highest BCUT2D eigenvalue weighted by atomic mass is 16.5. The Morgan fingerprint density at radius 3 is 2.50 bits per heavy atom. The second kappa shape index (κ2) is 15.7. The van der Waals surface area contributed by atoms with E-state index in [1.807, 2.05) is 42.5 Å². The molecule has 0 fully saturated rings. The van der Waals surface area contributed by atoms with Gasteiger partial charge in [-0.1, -0.05) is 42.5 Å². The minimum Gasteiger partial charge on any atom is -0.484 e. The highest BCUT2D eigenvalue weighted by Crippen LogP contribution is 2.29. The summed E-state index contributed by atoms with van der Waals surface area (Å²) in [7, 11) is 1.61. The average molecular weight is 525 g/mol. The van der Waals surface area contributed by atoms with Gasteiger partial charge in [-0.05, 0) is 62.0 Å². The van der Waals surface area contributed by atoms with Crippen LogP contribution in [0.2, 0.25) is 0 Å². The molecule has 4 N–H and O–H groups in total. The van der Waals surface area contributed by atoms with E-state index in [0.29, 0.717) is 57.7 Å². The van der Waals surface area contributed by atoms with Crippen LogP contribution in [0.15, 0.2) is 54.6 Å². The topological polar surface area (TPSA) is 118 Å². The molecule has 2 bridgehead atoms. The summed E-state index contributed by atoms with van der Waals surface area (Å²) >= 11 is 0. The van der Waals surface area contributed by atoms with Gasteiger partial charge < -0.3 is 30.7 Å². The first kappa shape index (κ1) is 29.1. The number of rotatable bonds is 6. The molecule has 0 spiro atoms. The summed E-state index contributed by atoms with van der Waals surface area (Å²) in [6.07, 6.45) is 2.66. The van der Waals surface area contributed by atoms with Crippen LogP contribution in [-0.2, 0) is 32.1 Å². The Bertz CT molecular complexity index is 1020. The molecule has 2 heterocycles. The molecule has 1 unspecified atom stereocenters. The summed E-state index contributed by atoms with van der Waals surface area (Å²) in [5.41, 5.74) is 0.999. The van der Waals surface area contributed by atoms with Crippen molar-refractivity contribution in [2.45, 2.75) is 38.6 Å². The maximum atomic E-state index is 13.7. The molecule has 1 atom stereocenters. The van der Waals surface area contributed by atoms with Crippen LogP contribution >= 0.6 is 0 Å². The molecular weight excluding hydrogens is 484 g/mol. The monoisotopic (exact) mass is 524 g/mol. The number of ether oxygens (including phenoxy) is 2. The number of carbonyl (C=O) groups is 3. The summed E-state index contributed by atoms with van der Waals surface area (Å²) in [5, 5.41) is 12.2. The summed E-state index contributed by atoms with van der Waals surface area (Å²) < 4.78 is 11.0. The maximum Gasteiger partial charge on any atom is 0.257 e. The van der Waals surface area contributed by atoms with Gasteiger partial charge in [0.05, 0.1) is 5.41 Å². The second-order valence-electron chi connectivity index (χ2n) is 9.63. The Morgan fingerprint density at radius 1 is 0.974 bits per heavy atom. The highest BCUT2D eigenvalue weighted by Gasteiger charge is 2.38. The lowest BCUT2D eigenvalue weighted by atomic mass is 9.77. The SMILES string of the molecule is COCCC1(C(=O)NCc2ccccc2)CNC(=O)CCCNCCCNC(=O)COc2ccc(cc2)C1. The van der Waals surface area contributed by atoms with Crippen LogP contribution < -0.4 is 26.0 Å². The number of carbonyl (C=O) groups excluding carboxylic acids is 3. The maximum absolute atomic E-state index is 13.7. The van der Waals surface area contributed by atoms with Crippen molar-refractivity contribution in [2.75, 3.05) is 46.5 Å². The minimum atomic E-state index is -0.915. The molecule has 206 valence electrons. The van der Waals surface area contributed by atoms with Gasteiger partial charge in [0.2, 0.25) is 11.8 Å². The largest absolute Gasteiger partial charge is 0.484 e. The summed E-state index contributed by atoms with van der Waals surface area (Å²) in [6.45, 7) is 2.90. The molecule has 0 saturated carbocycles. The molecule has 2 aliphatic rings. The molecule has 2 aliphatic heterocycles. The van der Waals surface area contributed by atoms with Crippen LogP contribution in [0.4, 0.5) is 0 Å². The van der Waals surface area contributed by atoms with Gasteiger partial charge in [0.25, 0.3) is 5.91 Å². The third kappa shape index (κ3) is 9.79. The molecular formula is C29H40N4O5. The van der Waals surface area contributed by atoms with E-state index < -0.39 is 5.41 Å². The molecule has 0 aromatic heterocycles. The normalized spacial score (nSPS) is 20.0. The Morgan fingerprint density at radius 2 is 1.74 bits per heavy atom.